The van der Waals surface area contributed by atoms with Gasteiger partial charge in [0.1, 0.15) is 35.2 Å². The van der Waals surface area contributed by atoms with Gasteiger partial charge in [0, 0.05) is 34.2 Å². The van der Waals surface area contributed by atoms with Crippen molar-refractivity contribution < 1.29 is 25.6 Å². The van der Waals surface area contributed by atoms with E-state index in [1.54, 1.807) is 12.1 Å². The SMILES string of the molecule is [CH2-]CN(C[CH2-])C1CCC(n2nc(-c3ccc(Oc4ccccc4)cc3F)c3c(N)ncnc32)CC1.[CH3-].[CH3-].[Ni]. The van der Waals surface area contributed by atoms with Crippen molar-refractivity contribution in [1.82, 2.24) is 24.6 Å². The van der Waals surface area contributed by atoms with Crippen LogP contribution < -0.4 is 10.5 Å². The van der Waals surface area contributed by atoms with Gasteiger partial charge in [-0.3, -0.25) is 0 Å². The van der Waals surface area contributed by atoms with E-state index in [-0.39, 0.29) is 43.2 Å². The minimum absolute atomic E-state index is 0. The van der Waals surface area contributed by atoms with E-state index in [0.29, 0.717) is 39.8 Å². The van der Waals surface area contributed by atoms with Crippen molar-refractivity contribution in [2.24, 2.45) is 0 Å². The zero-order chi connectivity index (χ0) is 24.4. The van der Waals surface area contributed by atoms with Gasteiger partial charge in [-0.2, -0.15) is 5.10 Å². The average Bonchev–Trinajstić information content (AvgIpc) is 3.27. The average molecular weight is 561 g/mol. The standard InChI is InChI=1S/C27H29FN6O.2CH3.Ni/c1-3-33(4-2)18-10-12-19(13-11-18)34-27-24(26(29)30-17-31-27)25(32-34)22-15-14-21(16-23(22)28)35-20-8-6-5-7-9-20;;;/h5-9,14-19H,1-4,10-13H2,(H2,29,30,31);2*1H3;/q-2;2*-1;. The normalized spacial score (nSPS) is 16.8. The van der Waals surface area contributed by atoms with Crippen LogP contribution in [0, 0.1) is 34.5 Å². The molecule has 2 aromatic carbocycles. The molecule has 0 radical (unpaired) electrons. The Morgan fingerprint density at radius 1 is 0.974 bits per heavy atom. The molecule has 208 valence electrons. The molecule has 0 bridgehead atoms. The Kier molecular flexibility index (Phi) is 11.2. The fourth-order valence-corrected chi connectivity index (χ4v) is 4.96. The van der Waals surface area contributed by atoms with Crippen LogP contribution in [0.25, 0.3) is 22.3 Å². The molecule has 1 saturated carbocycles. The molecule has 9 heteroatoms. The Bertz CT molecular complexity index is 1300. The van der Waals surface area contributed by atoms with Crippen LogP contribution in [0.15, 0.2) is 54.9 Å². The number of halogens is 1. The molecular weight excluding hydrogens is 526 g/mol. The molecule has 0 spiro atoms. The van der Waals surface area contributed by atoms with Gasteiger partial charge in [0.15, 0.2) is 5.65 Å². The van der Waals surface area contributed by atoms with E-state index in [1.807, 2.05) is 35.0 Å². The summed E-state index contributed by atoms with van der Waals surface area (Å²) in [6.07, 6.45) is 5.35. The smallest absolute Gasteiger partial charge is 0.164 e. The Morgan fingerprint density at radius 3 is 2.29 bits per heavy atom. The van der Waals surface area contributed by atoms with Gasteiger partial charge in [-0.25, -0.2) is 19.0 Å². The molecule has 1 aliphatic rings. The van der Waals surface area contributed by atoms with E-state index in [2.05, 4.69) is 28.7 Å². The zero-order valence-electron chi connectivity index (χ0n) is 21.9. The predicted molar refractivity (Wildman–Crippen MR) is 148 cm³/mol. The van der Waals surface area contributed by atoms with E-state index >= 15 is 4.39 Å². The van der Waals surface area contributed by atoms with E-state index in [4.69, 9.17) is 15.6 Å². The van der Waals surface area contributed by atoms with Gasteiger partial charge in [0.05, 0.1) is 11.4 Å². The van der Waals surface area contributed by atoms with Crippen LogP contribution in [-0.2, 0) is 16.5 Å². The minimum Gasteiger partial charge on any atom is -0.457 e. The fraction of sp³-hybridized carbons (Fsp3) is 0.276. The van der Waals surface area contributed by atoms with Gasteiger partial charge < -0.3 is 44.1 Å². The molecule has 7 nitrogen and oxygen atoms in total. The van der Waals surface area contributed by atoms with Gasteiger partial charge in [-0.1, -0.05) is 18.2 Å². The van der Waals surface area contributed by atoms with E-state index < -0.39 is 5.82 Å². The first-order valence-electron chi connectivity index (χ1n) is 11.9. The molecule has 0 aliphatic heterocycles. The summed E-state index contributed by atoms with van der Waals surface area (Å²) in [5, 5.41) is 5.42. The largest absolute Gasteiger partial charge is 0.457 e. The molecule has 1 fully saturated rings. The number of rotatable bonds is 7. The summed E-state index contributed by atoms with van der Waals surface area (Å²) < 4.78 is 23.0. The molecule has 0 amide bonds. The molecule has 38 heavy (non-hydrogen) atoms. The first-order valence-corrected chi connectivity index (χ1v) is 11.9. The van der Waals surface area contributed by atoms with Crippen molar-refractivity contribution in [3.63, 3.8) is 0 Å². The van der Waals surface area contributed by atoms with Crippen LogP contribution in [-0.4, -0.2) is 43.8 Å². The third-order valence-corrected chi connectivity index (χ3v) is 6.80. The van der Waals surface area contributed by atoms with Crippen LogP contribution in [0.3, 0.4) is 0 Å². The van der Waals surface area contributed by atoms with Gasteiger partial charge >= 0.3 is 0 Å². The monoisotopic (exact) mass is 560 g/mol. The third-order valence-electron chi connectivity index (χ3n) is 6.80. The van der Waals surface area contributed by atoms with Crippen LogP contribution in [0.1, 0.15) is 31.7 Å². The molecule has 2 heterocycles. The van der Waals surface area contributed by atoms with Crippen molar-refractivity contribution >= 4 is 16.9 Å². The Labute approximate surface area is 235 Å². The van der Waals surface area contributed by atoms with E-state index in [9.17, 15) is 0 Å². The molecule has 2 aromatic heterocycles. The number of hydrogen-bond acceptors (Lipinski definition) is 6. The van der Waals surface area contributed by atoms with E-state index in [0.717, 1.165) is 38.8 Å². The molecule has 5 rings (SSSR count). The number of aromatic nitrogens is 4. The topological polar surface area (TPSA) is 82.1 Å². The van der Waals surface area contributed by atoms with Crippen LogP contribution in [0.2, 0.25) is 0 Å². The Balaban J connectivity index is 0.00000169. The summed E-state index contributed by atoms with van der Waals surface area (Å²) in [5.74, 6) is 0.885. The Hall–Kier alpha value is -3.03. The van der Waals surface area contributed by atoms with E-state index in [1.165, 1.54) is 12.4 Å². The fourth-order valence-electron chi connectivity index (χ4n) is 4.96. The zero-order valence-corrected chi connectivity index (χ0v) is 22.9. The first kappa shape index (κ1) is 31.2. The number of para-hydroxylation sites is 1. The van der Waals surface area contributed by atoms with Gasteiger partial charge in [-0.05, 0) is 49.9 Å². The van der Waals surface area contributed by atoms with Gasteiger partial charge in [0.2, 0.25) is 0 Å². The second kappa shape index (κ2) is 13.7. The maximum atomic E-state index is 15.3. The first-order chi connectivity index (χ1) is 17.1. The summed E-state index contributed by atoms with van der Waals surface area (Å²) >= 11 is 0. The van der Waals surface area contributed by atoms with Crippen molar-refractivity contribution in [2.45, 2.75) is 37.8 Å². The van der Waals surface area contributed by atoms with Crippen molar-refractivity contribution in [3.8, 4) is 22.8 Å². The van der Waals surface area contributed by atoms with Crippen molar-refractivity contribution in [3.05, 3.63) is 89.4 Å². The summed E-state index contributed by atoms with van der Waals surface area (Å²) in [4.78, 5) is 10.9. The number of ether oxygens (including phenoxy) is 1. The van der Waals surface area contributed by atoms with Crippen LogP contribution >= 0.6 is 0 Å². The van der Waals surface area contributed by atoms with Crippen molar-refractivity contribution in [1.29, 1.82) is 0 Å². The number of benzene rings is 2. The number of fused-ring (bicyclic) bond motifs is 1. The molecular formula is C29H35FN6NiO-4. The van der Waals surface area contributed by atoms with Gasteiger partial charge in [-0.15, -0.1) is 13.1 Å². The number of anilines is 1. The summed E-state index contributed by atoms with van der Waals surface area (Å²) in [6.45, 7) is 9.56. The quantitative estimate of drug-likeness (QED) is 0.209. The summed E-state index contributed by atoms with van der Waals surface area (Å²) in [5.41, 5.74) is 7.66. The maximum absolute atomic E-state index is 15.3. The number of hydrogen-bond donors (Lipinski definition) is 1. The molecule has 0 atom stereocenters. The number of nitrogens with two attached hydrogens (primary N) is 1. The number of nitrogen functional groups attached to an aromatic ring is 1. The Morgan fingerprint density at radius 2 is 1.66 bits per heavy atom. The second-order valence-electron chi connectivity index (χ2n) is 8.81. The summed E-state index contributed by atoms with van der Waals surface area (Å²) in [7, 11) is 0. The third kappa shape index (κ3) is 6.16. The summed E-state index contributed by atoms with van der Waals surface area (Å²) in [6, 6.07) is 14.7. The van der Waals surface area contributed by atoms with Gasteiger partial charge in [0.25, 0.3) is 0 Å². The predicted octanol–water partition coefficient (Wildman–Crippen LogP) is 6.36. The molecule has 0 saturated heterocycles. The van der Waals surface area contributed by atoms with Crippen LogP contribution in [0.5, 0.6) is 11.5 Å². The maximum Gasteiger partial charge on any atom is 0.164 e. The molecule has 0 unspecified atom stereocenters. The van der Waals surface area contributed by atoms with Crippen molar-refractivity contribution in [2.75, 3.05) is 18.8 Å². The van der Waals surface area contributed by atoms with Crippen LogP contribution in [0.4, 0.5) is 10.2 Å². The molecule has 1 aliphatic carbocycles. The number of nitrogens with zero attached hydrogens (tertiary/aromatic N) is 5. The molecule has 4 aromatic rings. The molecule has 2 N–H and O–H groups in total. The second-order valence-corrected chi connectivity index (χ2v) is 8.81. The minimum atomic E-state index is -0.446.